The van der Waals surface area contributed by atoms with Crippen LogP contribution in [0.25, 0.3) is 0 Å². The van der Waals surface area contributed by atoms with Crippen molar-refractivity contribution in [3.8, 4) is 0 Å². The van der Waals surface area contributed by atoms with Crippen LogP contribution in [0.2, 0.25) is 0 Å². The van der Waals surface area contributed by atoms with E-state index in [1.807, 2.05) is 18.9 Å². The van der Waals surface area contributed by atoms with Gasteiger partial charge in [0.1, 0.15) is 11.6 Å². The van der Waals surface area contributed by atoms with E-state index in [9.17, 15) is 4.79 Å². The Bertz CT molecular complexity index is 627. The van der Waals surface area contributed by atoms with Crippen molar-refractivity contribution in [2.45, 2.75) is 58.4 Å². The molecule has 3 heterocycles. The number of anilines is 1. The van der Waals surface area contributed by atoms with Crippen molar-refractivity contribution in [1.82, 2.24) is 19.8 Å². The van der Waals surface area contributed by atoms with Crippen molar-refractivity contribution in [2.24, 2.45) is 0 Å². The summed E-state index contributed by atoms with van der Waals surface area (Å²) in [7, 11) is 1.89. The zero-order chi connectivity index (χ0) is 18.7. The van der Waals surface area contributed by atoms with Crippen LogP contribution in [0.4, 0.5) is 5.82 Å². The molecule has 2 aliphatic heterocycles. The molecule has 3 rings (SSSR count). The first kappa shape index (κ1) is 19.1. The van der Waals surface area contributed by atoms with E-state index in [1.165, 1.54) is 12.8 Å². The third-order valence-corrected chi connectivity index (χ3v) is 5.72. The topological polar surface area (TPSA) is 52.6 Å². The summed E-state index contributed by atoms with van der Waals surface area (Å²) in [4.78, 5) is 28.3. The summed E-state index contributed by atoms with van der Waals surface area (Å²) in [6, 6.07) is 2.43. The number of likely N-dealkylation sites (N-methyl/N-ethyl adjacent to an activating group) is 1. The van der Waals surface area contributed by atoms with Gasteiger partial charge in [-0.3, -0.25) is 9.69 Å². The van der Waals surface area contributed by atoms with Crippen LogP contribution in [0.3, 0.4) is 0 Å². The third kappa shape index (κ3) is 4.53. The van der Waals surface area contributed by atoms with Gasteiger partial charge in [-0.1, -0.05) is 0 Å². The number of hydrogen-bond donors (Lipinski definition) is 0. The number of piperidine rings is 1. The maximum Gasteiger partial charge on any atom is 0.236 e. The zero-order valence-electron chi connectivity index (χ0n) is 16.7. The Hall–Kier alpha value is -1.69. The number of carbonyl (C=O) groups is 1. The Balaban J connectivity index is 1.68. The van der Waals surface area contributed by atoms with Gasteiger partial charge in [0.25, 0.3) is 0 Å². The first-order valence-electron chi connectivity index (χ1n) is 10.0. The van der Waals surface area contributed by atoms with Gasteiger partial charge in [-0.25, -0.2) is 9.97 Å². The Morgan fingerprint density at radius 2 is 1.96 bits per heavy atom. The average Bonchev–Trinajstić information content (AvgIpc) is 3.15. The molecule has 0 bridgehead atoms. The van der Waals surface area contributed by atoms with Gasteiger partial charge in [0, 0.05) is 44.7 Å². The number of aromatic nitrogens is 2. The third-order valence-electron chi connectivity index (χ3n) is 5.72. The zero-order valence-corrected chi connectivity index (χ0v) is 16.7. The van der Waals surface area contributed by atoms with E-state index in [-0.39, 0.29) is 11.9 Å². The van der Waals surface area contributed by atoms with E-state index >= 15 is 0 Å². The second-order valence-corrected chi connectivity index (χ2v) is 8.07. The Labute approximate surface area is 157 Å². The molecule has 2 aliphatic rings. The maximum atomic E-state index is 12.4. The molecule has 0 radical (unpaired) electrons. The van der Waals surface area contributed by atoms with E-state index in [0.717, 1.165) is 56.4 Å². The van der Waals surface area contributed by atoms with Gasteiger partial charge in [-0.15, -0.1) is 0 Å². The molecular formula is C20H33N5O. The number of hydrogen-bond acceptors (Lipinski definition) is 5. The van der Waals surface area contributed by atoms with E-state index < -0.39 is 0 Å². The van der Waals surface area contributed by atoms with Gasteiger partial charge in [0.2, 0.25) is 5.91 Å². The number of likely N-dealkylation sites (tertiary alicyclic amines) is 1. The van der Waals surface area contributed by atoms with Gasteiger partial charge >= 0.3 is 0 Å². The van der Waals surface area contributed by atoms with Crippen LogP contribution in [-0.4, -0.2) is 71.5 Å². The number of nitrogens with zero attached hydrogens (tertiary/aromatic N) is 5. The molecule has 26 heavy (non-hydrogen) atoms. The minimum Gasteiger partial charge on any atom is -0.357 e. The molecule has 144 valence electrons. The van der Waals surface area contributed by atoms with Crippen LogP contribution < -0.4 is 4.90 Å². The highest BCUT2D eigenvalue weighted by atomic mass is 16.2. The van der Waals surface area contributed by atoms with E-state index in [4.69, 9.17) is 4.98 Å². The largest absolute Gasteiger partial charge is 0.357 e. The Kier molecular flexibility index (Phi) is 6.12. The molecule has 2 fully saturated rings. The number of rotatable bonds is 5. The van der Waals surface area contributed by atoms with Crippen LogP contribution in [0.5, 0.6) is 0 Å². The fraction of sp³-hybridized carbons (Fsp3) is 0.750. The monoisotopic (exact) mass is 359 g/mol. The molecule has 1 atom stereocenters. The fourth-order valence-corrected chi connectivity index (χ4v) is 3.92. The summed E-state index contributed by atoms with van der Waals surface area (Å²) < 4.78 is 0. The molecule has 0 aromatic carbocycles. The molecule has 6 heteroatoms. The molecular weight excluding hydrogens is 326 g/mol. The number of amides is 1. The summed E-state index contributed by atoms with van der Waals surface area (Å²) in [5.41, 5.74) is 1.15. The smallest absolute Gasteiger partial charge is 0.236 e. The molecule has 0 aliphatic carbocycles. The van der Waals surface area contributed by atoms with E-state index in [2.05, 4.69) is 34.7 Å². The SMILES string of the molecule is Cc1nc(C2CCCN(CC(=O)N(C)C(C)C)C2)cc(N2CCCC2)n1. The lowest BCUT2D eigenvalue weighted by atomic mass is 9.94. The van der Waals surface area contributed by atoms with Crippen molar-refractivity contribution in [1.29, 1.82) is 0 Å². The second kappa shape index (κ2) is 8.33. The van der Waals surface area contributed by atoms with Crippen molar-refractivity contribution < 1.29 is 4.79 Å². The molecule has 0 spiro atoms. The quantitative estimate of drug-likeness (QED) is 0.808. The lowest BCUT2D eigenvalue weighted by Crippen LogP contribution is -2.44. The minimum atomic E-state index is 0.206. The number of aryl methyl sites for hydroxylation is 1. The highest BCUT2D eigenvalue weighted by Crippen LogP contribution is 2.28. The highest BCUT2D eigenvalue weighted by Gasteiger charge is 2.26. The number of carbonyl (C=O) groups excluding carboxylic acids is 1. The second-order valence-electron chi connectivity index (χ2n) is 8.07. The standard InChI is InChI=1S/C20H33N5O/c1-15(2)23(4)20(26)14-24-9-7-8-17(13-24)18-12-19(22-16(3)21-18)25-10-5-6-11-25/h12,15,17H,5-11,13-14H2,1-4H3. The molecule has 2 saturated heterocycles. The lowest BCUT2D eigenvalue weighted by molar-refractivity contribution is -0.132. The van der Waals surface area contributed by atoms with Crippen molar-refractivity contribution in [3.63, 3.8) is 0 Å². The molecule has 6 nitrogen and oxygen atoms in total. The van der Waals surface area contributed by atoms with Gasteiger partial charge in [-0.05, 0) is 53.0 Å². The van der Waals surface area contributed by atoms with Crippen LogP contribution in [-0.2, 0) is 4.79 Å². The van der Waals surface area contributed by atoms with Gasteiger partial charge < -0.3 is 9.80 Å². The Morgan fingerprint density at radius 3 is 2.65 bits per heavy atom. The van der Waals surface area contributed by atoms with E-state index in [1.54, 1.807) is 0 Å². The lowest BCUT2D eigenvalue weighted by Gasteiger charge is -2.34. The maximum absolute atomic E-state index is 12.4. The molecule has 1 unspecified atom stereocenters. The van der Waals surface area contributed by atoms with E-state index in [0.29, 0.717) is 12.5 Å². The molecule has 0 saturated carbocycles. The summed E-state index contributed by atoms with van der Waals surface area (Å²) in [5.74, 6) is 2.54. The first-order chi connectivity index (χ1) is 12.4. The van der Waals surface area contributed by atoms with Crippen LogP contribution >= 0.6 is 0 Å². The summed E-state index contributed by atoms with van der Waals surface area (Å²) in [6.45, 7) is 10.7. The first-order valence-corrected chi connectivity index (χ1v) is 10.0. The van der Waals surface area contributed by atoms with Crippen LogP contribution in [0.1, 0.15) is 57.0 Å². The average molecular weight is 360 g/mol. The van der Waals surface area contributed by atoms with Crippen molar-refractivity contribution in [3.05, 3.63) is 17.6 Å². The summed E-state index contributed by atoms with van der Waals surface area (Å²) >= 11 is 0. The highest BCUT2D eigenvalue weighted by molar-refractivity contribution is 5.78. The predicted octanol–water partition coefficient (Wildman–Crippen LogP) is 2.43. The molecule has 1 amide bonds. The summed E-state index contributed by atoms with van der Waals surface area (Å²) in [6.07, 6.45) is 4.76. The van der Waals surface area contributed by atoms with Gasteiger partial charge in [-0.2, -0.15) is 0 Å². The molecule has 1 aromatic heterocycles. The van der Waals surface area contributed by atoms with Gasteiger partial charge in [0.15, 0.2) is 0 Å². The van der Waals surface area contributed by atoms with Crippen LogP contribution in [0.15, 0.2) is 6.07 Å². The van der Waals surface area contributed by atoms with Gasteiger partial charge in [0.05, 0.1) is 12.2 Å². The Morgan fingerprint density at radius 1 is 1.23 bits per heavy atom. The van der Waals surface area contributed by atoms with Crippen LogP contribution in [0, 0.1) is 6.92 Å². The normalized spacial score (nSPS) is 21.4. The van der Waals surface area contributed by atoms with Crippen molar-refractivity contribution >= 4 is 11.7 Å². The molecule has 0 N–H and O–H groups in total. The minimum absolute atomic E-state index is 0.206. The predicted molar refractivity (Wildman–Crippen MR) is 105 cm³/mol. The molecule has 1 aromatic rings. The summed E-state index contributed by atoms with van der Waals surface area (Å²) in [5, 5.41) is 0. The van der Waals surface area contributed by atoms with Crippen molar-refractivity contribution in [2.75, 3.05) is 44.7 Å². The fourth-order valence-electron chi connectivity index (χ4n) is 3.92.